The lowest BCUT2D eigenvalue weighted by Crippen LogP contribution is -2.23. The van der Waals surface area contributed by atoms with E-state index >= 15 is 0 Å². The monoisotopic (exact) mass is 665 g/mol. The maximum absolute atomic E-state index is 12.4. The van der Waals surface area contributed by atoms with Crippen LogP contribution in [0, 0.1) is 0 Å². The third-order valence-electron chi connectivity index (χ3n) is 8.37. The van der Waals surface area contributed by atoms with Gasteiger partial charge in [0, 0.05) is 19.3 Å². The number of hydrogen-bond acceptors (Lipinski definition) is 7. The summed E-state index contributed by atoms with van der Waals surface area (Å²) < 4.78 is 15.9. The van der Waals surface area contributed by atoms with Crippen LogP contribution in [0.1, 0.15) is 188 Å². The SMILES string of the molecule is CCCCCCC(O)C/C=C\CCCCCCCC(=O)OCC(=O)OC(C/C=C\CCCCCCCC(=O)OCC)CCCCCC. The quantitative estimate of drug-likeness (QED) is 0.0316. The van der Waals surface area contributed by atoms with Gasteiger partial charge in [0.25, 0.3) is 0 Å². The van der Waals surface area contributed by atoms with Crippen LogP contribution in [0.25, 0.3) is 0 Å². The van der Waals surface area contributed by atoms with Crippen LogP contribution < -0.4 is 0 Å². The van der Waals surface area contributed by atoms with E-state index in [0.29, 0.717) is 25.9 Å². The summed E-state index contributed by atoms with van der Waals surface area (Å²) in [5.41, 5.74) is 0. The smallest absolute Gasteiger partial charge is 0.344 e. The Hall–Kier alpha value is -2.15. The van der Waals surface area contributed by atoms with E-state index in [1.165, 1.54) is 25.7 Å². The topological polar surface area (TPSA) is 99.1 Å². The van der Waals surface area contributed by atoms with Crippen LogP contribution in [0.4, 0.5) is 0 Å². The molecule has 0 saturated heterocycles. The molecule has 274 valence electrons. The van der Waals surface area contributed by atoms with Crippen molar-refractivity contribution in [2.24, 2.45) is 0 Å². The van der Waals surface area contributed by atoms with Gasteiger partial charge < -0.3 is 19.3 Å². The van der Waals surface area contributed by atoms with E-state index in [1.54, 1.807) is 0 Å². The number of aliphatic hydroxyl groups is 1. The third kappa shape index (κ3) is 33.5. The first-order chi connectivity index (χ1) is 22.9. The van der Waals surface area contributed by atoms with Crippen LogP contribution in [0.5, 0.6) is 0 Å². The molecular weight excluding hydrogens is 592 g/mol. The second kappa shape index (κ2) is 35.2. The van der Waals surface area contributed by atoms with Gasteiger partial charge in [-0.05, 0) is 71.1 Å². The molecule has 0 bridgehead atoms. The zero-order valence-electron chi connectivity index (χ0n) is 30.7. The van der Waals surface area contributed by atoms with Crippen LogP contribution in [0.2, 0.25) is 0 Å². The molecule has 0 aliphatic carbocycles. The maximum Gasteiger partial charge on any atom is 0.344 e. The molecule has 0 heterocycles. The Balaban J connectivity index is 4.03. The van der Waals surface area contributed by atoms with Gasteiger partial charge in [-0.25, -0.2) is 4.79 Å². The van der Waals surface area contributed by atoms with Gasteiger partial charge in [-0.1, -0.05) is 122 Å². The van der Waals surface area contributed by atoms with Gasteiger partial charge in [-0.3, -0.25) is 9.59 Å². The van der Waals surface area contributed by atoms with Crippen molar-refractivity contribution >= 4 is 17.9 Å². The molecule has 7 heteroatoms. The van der Waals surface area contributed by atoms with Gasteiger partial charge in [0.2, 0.25) is 0 Å². The van der Waals surface area contributed by atoms with Crippen molar-refractivity contribution < 1.29 is 33.7 Å². The highest BCUT2D eigenvalue weighted by atomic mass is 16.6. The van der Waals surface area contributed by atoms with Gasteiger partial charge in [0.1, 0.15) is 6.10 Å². The van der Waals surface area contributed by atoms with E-state index in [-0.39, 0.29) is 30.8 Å². The molecule has 0 aromatic rings. The number of carbonyl (C=O) groups excluding carboxylic acids is 3. The van der Waals surface area contributed by atoms with E-state index in [2.05, 4.69) is 38.2 Å². The number of unbranched alkanes of at least 4 members (excludes halogenated alkanes) is 16. The molecule has 0 rings (SSSR count). The molecule has 47 heavy (non-hydrogen) atoms. The van der Waals surface area contributed by atoms with Gasteiger partial charge in [0.05, 0.1) is 12.7 Å². The van der Waals surface area contributed by atoms with Crippen molar-refractivity contribution in [1.82, 2.24) is 0 Å². The Kier molecular flexibility index (Phi) is 33.6. The largest absolute Gasteiger partial charge is 0.466 e. The van der Waals surface area contributed by atoms with Crippen molar-refractivity contribution in [3.63, 3.8) is 0 Å². The highest BCUT2D eigenvalue weighted by molar-refractivity contribution is 5.76. The molecule has 0 aliphatic heterocycles. The molecule has 0 amide bonds. The molecule has 0 fully saturated rings. The summed E-state index contributed by atoms with van der Waals surface area (Å²) in [6, 6.07) is 0. The first kappa shape index (κ1) is 44.9. The Bertz CT molecular complexity index is 791. The molecular formula is C40H72O7. The first-order valence-corrected chi connectivity index (χ1v) is 19.4. The Morgan fingerprint density at radius 1 is 0.532 bits per heavy atom. The van der Waals surface area contributed by atoms with Gasteiger partial charge in [-0.2, -0.15) is 0 Å². The lowest BCUT2D eigenvalue weighted by molar-refractivity contribution is -0.162. The summed E-state index contributed by atoms with van der Waals surface area (Å²) in [4.78, 5) is 36.0. The van der Waals surface area contributed by atoms with Crippen molar-refractivity contribution in [1.29, 1.82) is 0 Å². The van der Waals surface area contributed by atoms with Gasteiger partial charge in [0.15, 0.2) is 6.61 Å². The van der Waals surface area contributed by atoms with E-state index in [0.717, 1.165) is 122 Å². The van der Waals surface area contributed by atoms with Crippen LogP contribution in [0.15, 0.2) is 24.3 Å². The molecule has 7 nitrogen and oxygen atoms in total. The van der Waals surface area contributed by atoms with Gasteiger partial charge >= 0.3 is 17.9 Å². The van der Waals surface area contributed by atoms with Crippen molar-refractivity contribution in [3.8, 4) is 0 Å². The zero-order valence-corrected chi connectivity index (χ0v) is 30.7. The summed E-state index contributed by atoms with van der Waals surface area (Å²) >= 11 is 0. The van der Waals surface area contributed by atoms with E-state index in [9.17, 15) is 19.5 Å². The second-order valence-electron chi connectivity index (χ2n) is 13.0. The fraction of sp³-hybridized carbons (Fsp3) is 0.825. The van der Waals surface area contributed by atoms with Crippen molar-refractivity contribution in [2.45, 2.75) is 200 Å². The number of aliphatic hydroxyl groups excluding tert-OH is 1. The average molecular weight is 665 g/mol. The molecule has 0 saturated carbocycles. The molecule has 0 spiro atoms. The molecule has 0 aromatic heterocycles. The molecule has 2 atom stereocenters. The summed E-state index contributed by atoms with van der Waals surface area (Å²) in [5, 5.41) is 10.0. The highest BCUT2D eigenvalue weighted by Gasteiger charge is 2.15. The molecule has 0 aliphatic rings. The van der Waals surface area contributed by atoms with E-state index < -0.39 is 5.97 Å². The molecule has 1 N–H and O–H groups in total. The first-order valence-electron chi connectivity index (χ1n) is 19.4. The minimum absolute atomic E-state index is 0.100. The molecule has 2 unspecified atom stereocenters. The maximum atomic E-state index is 12.4. The molecule has 0 radical (unpaired) electrons. The normalized spacial score (nSPS) is 12.9. The number of rotatable bonds is 34. The summed E-state index contributed by atoms with van der Waals surface area (Å²) in [6.45, 7) is 6.35. The van der Waals surface area contributed by atoms with Crippen molar-refractivity contribution in [3.05, 3.63) is 24.3 Å². The Morgan fingerprint density at radius 2 is 1.02 bits per heavy atom. The Labute approximate surface area is 288 Å². The van der Waals surface area contributed by atoms with Crippen LogP contribution in [-0.4, -0.2) is 48.4 Å². The second-order valence-corrected chi connectivity index (χ2v) is 13.0. The van der Waals surface area contributed by atoms with Crippen LogP contribution in [-0.2, 0) is 28.6 Å². The number of carbonyl (C=O) groups is 3. The van der Waals surface area contributed by atoms with Gasteiger partial charge in [-0.15, -0.1) is 0 Å². The number of hydrogen-bond donors (Lipinski definition) is 1. The lowest BCUT2D eigenvalue weighted by Gasteiger charge is -2.16. The highest BCUT2D eigenvalue weighted by Crippen LogP contribution is 2.15. The van der Waals surface area contributed by atoms with Crippen LogP contribution >= 0.6 is 0 Å². The number of ether oxygens (including phenoxy) is 3. The summed E-state index contributed by atoms with van der Waals surface area (Å²) in [6.07, 6.45) is 33.8. The average Bonchev–Trinajstić information content (AvgIpc) is 3.05. The summed E-state index contributed by atoms with van der Waals surface area (Å²) in [7, 11) is 0. The number of esters is 3. The zero-order chi connectivity index (χ0) is 34.6. The fourth-order valence-electron chi connectivity index (χ4n) is 5.47. The lowest BCUT2D eigenvalue weighted by atomic mass is 10.1. The van der Waals surface area contributed by atoms with E-state index in [4.69, 9.17) is 14.2 Å². The number of allylic oxidation sites excluding steroid dienone is 2. The van der Waals surface area contributed by atoms with E-state index in [1.807, 2.05) is 6.92 Å². The minimum atomic E-state index is -0.466. The predicted molar refractivity (Wildman–Crippen MR) is 193 cm³/mol. The third-order valence-corrected chi connectivity index (χ3v) is 8.37. The predicted octanol–water partition coefficient (Wildman–Crippen LogP) is 10.7. The standard InChI is InChI=1S/C40H72O7/c1-4-7-9-23-29-36(41)30-24-19-15-11-13-18-22-28-34-39(43)46-35-40(44)47-37(31-25-10-8-5-2)32-26-20-16-12-14-17-21-27-33-38(42)45-6-3/h19-20,24,26,36-37,41H,4-18,21-23,25,27-35H2,1-3H3/b24-19-,26-20-. The molecule has 0 aromatic carbocycles. The van der Waals surface area contributed by atoms with Crippen LogP contribution in [0.3, 0.4) is 0 Å². The van der Waals surface area contributed by atoms with Crippen molar-refractivity contribution in [2.75, 3.05) is 13.2 Å². The summed E-state index contributed by atoms with van der Waals surface area (Å²) in [5.74, 6) is -0.900. The fourth-order valence-corrected chi connectivity index (χ4v) is 5.47. The Morgan fingerprint density at radius 3 is 1.60 bits per heavy atom. The minimum Gasteiger partial charge on any atom is -0.466 e.